The van der Waals surface area contributed by atoms with Gasteiger partial charge in [-0.15, -0.1) is 0 Å². The van der Waals surface area contributed by atoms with Gasteiger partial charge in [-0.05, 0) is 12.8 Å². The fraction of sp³-hybridized carbons (Fsp3) is 0.900. The van der Waals surface area contributed by atoms with Gasteiger partial charge in [0.05, 0.1) is 27.7 Å². The molecule has 0 saturated heterocycles. The van der Waals surface area contributed by atoms with Gasteiger partial charge in [0.1, 0.15) is 13.2 Å². The maximum absolute atomic E-state index is 12.2. The van der Waals surface area contributed by atoms with E-state index < -0.39 is 7.82 Å². The molecule has 0 heterocycles. The highest BCUT2D eigenvalue weighted by Crippen LogP contribution is 2.44. The van der Waals surface area contributed by atoms with Crippen LogP contribution in [0.25, 0.3) is 0 Å². The number of carbonyl (C=O) groups excluding carboxylic acids is 2. The molecule has 2 unspecified atom stereocenters. The van der Waals surface area contributed by atoms with Gasteiger partial charge in [-0.25, -0.2) is 4.57 Å². The number of unbranched alkanes of at least 4 members (excludes halogenated alkanes) is 4. The minimum absolute atomic E-state index is 0.0230. The van der Waals surface area contributed by atoms with Crippen LogP contribution in [-0.4, -0.2) is 71.5 Å². The Hall–Kier alpha value is 0.110. The van der Waals surface area contributed by atoms with Crippen LogP contribution in [0.4, 0.5) is 0 Å². The van der Waals surface area contributed by atoms with Gasteiger partial charge in [-0.3, -0.25) is 18.6 Å². The monoisotopic (exact) mass is 486 g/mol. The summed E-state index contributed by atoms with van der Waals surface area (Å²) in [4.78, 5) is 34.2. The molecule has 0 aromatic carbocycles. The molecular weight excluding hydrogens is 445 g/mol. The molecule has 0 rings (SSSR count). The SMILES string of the molecule is CCCCCC(=O)SCC(COP(=O)(O)OCC[N+](C)(C)C)SC(=O)CCCCC. The molecule has 0 saturated carbocycles. The van der Waals surface area contributed by atoms with Crippen molar-refractivity contribution in [3.8, 4) is 0 Å². The van der Waals surface area contributed by atoms with Gasteiger partial charge < -0.3 is 9.38 Å². The van der Waals surface area contributed by atoms with E-state index in [1.165, 1.54) is 11.8 Å². The summed E-state index contributed by atoms with van der Waals surface area (Å²) < 4.78 is 22.9. The average molecular weight is 487 g/mol. The summed E-state index contributed by atoms with van der Waals surface area (Å²) in [6.45, 7) is 4.70. The third-order valence-corrected chi connectivity index (χ3v) is 7.53. The molecule has 0 bridgehead atoms. The summed E-state index contributed by atoms with van der Waals surface area (Å²) >= 11 is 2.28. The topological polar surface area (TPSA) is 89.9 Å². The van der Waals surface area contributed by atoms with E-state index >= 15 is 0 Å². The quantitative estimate of drug-likeness (QED) is 0.167. The van der Waals surface area contributed by atoms with Gasteiger partial charge in [0.2, 0.25) is 0 Å². The lowest BCUT2D eigenvalue weighted by Crippen LogP contribution is -2.37. The van der Waals surface area contributed by atoms with Crippen LogP contribution < -0.4 is 0 Å². The third kappa shape index (κ3) is 18.8. The molecule has 2 atom stereocenters. The first-order valence-corrected chi connectivity index (χ1v) is 14.1. The number of carbonyl (C=O) groups is 2. The Kier molecular flexibility index (Phi) is 16.8. The van der Waals surface area contributed by atoms with Crippen molar-refractivity contribution in [1.82, 2.24) is 0 Å². The molecule has 0 aromatic rings. The molecule has 10 heteroatoms. The first kappa shape index (κ1) is 30.1. The molecular formula is C20H41NO6PS2+. The highest BCUT2D eigenvalue weighted by molar-refractivity contribution is 8.17. The fourth-order valence-corrected chi connectivity index (χ4v) is 5.16. The number of nitrogens with zero attached hydrogens (tertiary/aromatic N) is 1. The molecule has 7 nitrogen and oxygen atoms in total. The van der Waals surface area contributed by atoms with Crippen molar-refractivity contribution in [2.75, 3.05) is 46.7 Å². The lowest BCUT2D eigenvalue weighted by Gasteiger charge is -2.24. The second-order valence-electron chi connectivity index (χ2n) is 8.32. The van der Waals surface area contributed by atoms with Crippen molar-refractivity contribution >= 4 is 41.6 Å². The molecule has 0 fully saturated rings. The van der Waals surface area contributed by atoms with E-state index in [-0.39, 0.29) is 28.7 Å². The van der Waals surface area contributed by atoms with Crippen LogP contribution in [0.15, 0.2) is 0 Å². The molecule has 0 aliphatic rings. The van der Waals surface area contributed by atoms with Gasteiger partial charge in [-0.1, -0.05) is 63.1 Å². The molecule has 1 N–H and O–H groups in total. The highest BCUT2D eigenvalue weighted by atomic mass is 32.2. The maximum Gasteiger partial charge on any atom is 0.472 e. The molecule has 0 amide bonds. The zero-order chi connectivity index (χ0) is 23.0. The van der Waals surface area contributed by atoms with Crippen molar-refractivity contribution in [2.24, 2.45) is 0 Å². The predicted octanol–water partition coefficient (Wildman–Crippen LogP) is 4.88. The van der Waals surface area contributed by atoms with E-state index in [4.69, 9.17) is 9.05 Å². The summed E-state index contributed by atoms with van der Waals surface area (Å²) in [6, 6.07) is 0. The van der Waals surface area contributed by atoms with Crippen LogP contribution >= 0.6 is 31.3 Å². The maximum atomic E-state index is 12.2. The highest BCUT2D eigenvalue weighted by Gasteiger charge is 2.26. The number of hydrogen-bond donors (Lipinski definition) is 1. The van der Waals surface area contributed by atoms with Crippen LogP contribution in [0.3, 0.4) is 0 Å². The fourth-order valence-electron chi connectivity index (χ4n) is 2.30. The zero-order valence-corrected chi connectivity index (χ0v) is 21.8. The van der Waals surface area contributed by atoms with Gasteiger partial charge >= 0.3 is 7.82 Å². The molecule has 0 aliphatic heterocycles. The van der Waals surface area contributed by atoms with Crippen LogP contribution in [-0.2, 0) is 23.2 Å². The molecule has 178 valence electrons. The van der Waals surface area contributed by atoms with Gasteiger partial charge in [0, 0.05) is 23.8 Å². The van der Waals surface area contributed by atoms with E-state index in [1.807, 2.05) is 21.1 Å². The number of likely N-dealkylation sites (N-methyl/N-ethyl adjacent to an activating group) is 1. The van der Waals surface area contributed by atoms with E-state index in [0.717, 1.165) is 50.3 Å². The smallest absolute Gasteiger partial charge is 0.329 e. The van der Waals surface area contributed by atoms with Crippen molar-refractivity contribution in [3.05, 3.63) is 0 Å². The molecule has 0 radical (unpaired) electrons. The third-order valence-electron chi connectivity index (χ3n) is 4.14. The minimum Gasteiger partial charge on any atom is -0.329 e. The number of phosphoric acid groups is 1. The van der Waals surface area contributed by atoms with Gasteiger partial charge in [-0.2, -0.15) is 0 Å². The lowest BCUT2D eigenvalue weighted by molar-refractivity contribution is -0.870. The number of phosphoric ester groups is 1. The van der Waals surface area contributed by atoms with Gasteiger partial charge in [0.25, 0.3) is 0 Å². The Balaban J connectivity index is 4.63. The van der Waals surface area contributed by atoms with E-state index in [0.29, 0.717) is 29.6 Å². The number of hydrogen-bond acceptors (Lipinski definition) is 7. The zero-order valence-electron chi connectivity index (χ0n) is 19.3. The first-order valence-electron chi connectivity index (χ1n) is 10.8. The second kappa shape index (κ2) is 16.7. The average Bonchev–Trinajstić information content (AvgIpc) is 2.63. The number of rotatable bonds is 18. The summed E-state index contributed by atoms with van der Waals surface area (Å²) in [5.41, 5.74) is 0. The van der Waals surface area contributed by atoms with Crippen LogP contribution in [0.1, 0.15) is 65.2 Å². The number of thioether (sulfide) groups is 2. The Morgan fingerprint density at radius 2 is 1.53 bits per heavy atom. The summed E-state index contributed by atoms with van der Waals surface area (Å²) in [5, 5.41) is -0.268. The van der Waals surface area contributed by atoms with Crippen molar-refractivity contribution in [3.63, 3.8) is 0 Å². The van der Waals surface area contributed by atoms with Crippen LogP contribution in [0.2, 0.25) is 0 Å². The van der Waals surface area contributed by atoms with Crippen molar-refractivity contribution in [2.45, 2.75) is 70.5 Å². The first-order chi connectivity index (χ1) is 14.0. The Morgan fingerprint density at radius 1 is 0.967 bits per heavy atom. The Bertz CT molecular complexity index is 542. The van der Waals surface area contributed by atoms with E-state index in [1.54, 1.807) is 0 Å². The normalized spacial score (nSPS) is 15.0. The van der Waals surface area contributed by atoms with Crippen LogP contribution in [0, 0.1) is 0 Å². The standard InChI is InChI=1S/C20H40NO6PS2/c1-6-8-10-12-19(22)29-17-18(30-20(23)13-11-9-7-2)16-27-28(24,25)26-15-14-21(3,4)5/h18H,6-17H2,1-5H3/p+1. The van der Waals surface area contributed by atoms with Gasteiger partial charge in [0.15, 0.2) is 10.2 Å². The second-order valence-corrected chi connectivity index (χ2v) is 12.2. The Labute approximate surface area is 191 Å². The van der Waals surface area contributed by atoms with E-state index in [9.17, 15) is 19.0 Å². The summed E-state index contributed by atoms with van der Waals surface area (Å²) in [6.07, 6.45) is 6.74. The molecule has 0 spiro atoms. The molecule has 30 heavy (non-hydrogen) atoms. The number of quaternary nitrogens is 1. The molecule has 0 aliphatic carbocycles. The Morgan fingerprint density at radius 3 is 2.07 bits per heavy atom. The van der Waals surface area contributed by atoms with E-state index in [2.05, 4.69) is 13.8 Å². The predicted molar refractivity (Wildman–Crippen MR) is 127 cm³/mol. The van der Waals surface area contributed by atoms with Crippen molar-refractivity contribution < 1.29 is 32.6 Å². The minimum atomic E-state index is -4.20. The van der Waals surface area contributed by atoms with Crippen LogP contribution in [0.5, 0.6) is 0 Å². The molecule has 0 aromatic heterocycles. The van der Waals surface area contributed by atoms with Crippen molar-refractivity contribution in [1.29, 1.82) is 0 Å². The summed E-state index contributed by atoms with van der Waals surface area (Å²) in [5.74, 6) is 0.369. The largest absolute Gasteiger partial charge is 0.472 e. The summed E-state index contributed by atoms with van der Waals surface area (Å²) in [7, 11) is 1.67. The lowest BCUT2D eigenvalue weighted by atomic mass is 10.2.